The molecule has 1 saturated carbocycles. The maximum Gasteiger partial charge on any atom is 0.142 e. The van der Waals surface area contributed by atoms with E-state index in [4.69, 9.17) is 22.7 Å². The number of rotatable bonds is 6. The maximum absolute atomic E-state index is 13.4. The van der Waals surface area contributed by atoms with Crippen molar-refractivity contribution < 1.29 is 4.39 Å². The molecule has 1 aromatic rings. The molecule has 1 aromatic carbocycles. The lowest BCUT2D eigenvalue weighted by molar-refractivity contribution is 0.262. The summed E-state index contributed by atoms with van der Waals surface area (Å²) in [4.78, 5) is 2.22. The predicted octanol–water partition coefficient (Wildman–Crippen LogP) is 2.77. The van der Waals surface area contributed by atoms with Gasteiger partial charge in [0.05, 0.1) is 10.9 Å². The number of halogens is 2. The van der Waals surface area contributed by atoms with Crippen LogP contribution in [0, 0.1) is 11.2 Å². The minimum absolute atomic E-state index is 0.186. The Bertz CT molecular complexity index is 446. The molecule has 1 fully saturated rings. The highest BCUT2D eigenvalue weighted by Crippen LogP contribution is 2.30. The lowest BCUT2D eigenvalue weighted by Crippen LogP contribution is -2.29. The van der Waals surface area contributed by atoms with Crippen LogP contribution in [0.3, 0.4) is 0 Å². The second-order valence-electron chi connectivity index (χ2n) is 4.69. The molecule has 1 aliphatic rings. The van der Waals surface area contributed by atoms with Crippen LogP contribution < -0.4 is 5.73 Å². The number of amidine groups is 1. The van der Waals surface area contributed by atoms with Gasteiger partial charge in [0.2, 0.25) is 0 Å². The highest BCUT2D eigenvalue weighted by Gasteiger charge is 2.29. The Balaban J connectivity index is 2.04. The Morgan fingerprint density at radius 1 is 1.50 bits per heavy atom. The predicted molar refractivity (Wildman–Crippen MR) is 71.4 cm³/mol. The molecule has 0 unspecified atom stereocenters. The van der Waals surface area contributed by atoms with Gasteiger partial charge in [0.1, 0.15) is 5.82 Å². The molecule has 0 saturated heterocycles. The van der Waals surface area contributed by atoms with Crippen LogP contribution in [-0.4, -0.2) is 23.3 Å². The molecule has 0 radical (unpaired) electrons. The van der Waals surface area contributed by atoms with Crippen molar-refractivity contribution in [2.75, 3.05) is 6.54 Å². The number of hydrogen-bond donors (Lipinski definition) is 2. The summed E-state index contributed by atoms with van der Waals surface area (Å²) in [5.74, 6) is -0.192. The topological polar surface area (TPSA) is 53.1 Å². The number of benzene rings is 1. The number of nitrogens with one attached hydrogen (secondary N) is 1. The standard InChI is InChI=1S/C13H17ClFN3/c14-13-9(2-1-3-11(13)15)8-18(10-4-5-10)7-6-12(16)17/h1-3,10H,4-8H2,(H3,16,17). The molecule has 5 heteroatoms. The first kappa shape index (κ1) is 13.3. The number of nitrogens with two attached hydrogens (primary N) is 1. The van der Waals surface area contributed by atoms with Gasteiger partial charge in [0.15, 0.2) is 0 Å². The van der Waals surface area contributed by atoms with Crippen LogP contribution in [-0.2, 0) is 6.54 Å². The number of nitrogens with zero attached hydrogens (tertiary/aromatic N) is 1. The quantitative estimate of drug-likeness (QED) is 0.616. The van der Waals surface area contributed by atoms with Gasteiger partial charge in [-0.25, -0.2) is 4.39 Å². The summed E-state index contributed by atoms with van der Waals surface area (Å²) in [5.41, 5.74) is 6.18. The van der Waals surface area contributed by atoms with Gasteiger partial charge in [-0.05, 0) is 24.5 Å². The second-order valence-corrected chi connectivity index (χ2v) is 5.07. The SMILES string of the molecule is N=C(N)CCN(Cc1cccc(F)c1Cl)C1CC1. The van der Waals surface area contributed by atoms with E-state index in [2.05, 4.69) is 4.90 Å². The molecular formula is C13H17ClFN3. The van der Waals surface area contributed by atoms with Gasteiger partial charge >= 0.3 is 0 Å². The summed E-state index contributed by atoms with van der Waals surface area (Å²) in [5, 5.41) is 7.47. The Hall–Kier alpha value is -1.13. The average Bonchev–Trinajstić information content (AvgIpc) is 3.13. The first-order valence-corrected chi connectivity index (χ1v) is 6.45. The van der Waals surface area contributed by atoms with Gasteiger partial charge < -0.3 is 5.73 Å². The number of hydrogen-bond acceptors (Lipinski definition) is 2. The molecule has 0 spiro atoms. The van der Waals surface area contributed by atoms with Crippen LogP contribution in [0.15, 0.2) is 18.2 Å². The zero-order valence-corrected chi connectivity index (χ0v) is 10.9. The second kappa shape index (κ2) is 5.67. The smallest absolute Gasteiger partial charge is 0.142 e. The fourth-order valence-electron chi connectivity index (χ4n) is 1.98. The summed E-state index contributed by atoms with van der Waals surface area (Å²) in [7, 11) is 0. The van der Waals surface area contributed by atoms with Gasteiger partial charge in [0, 0.05) is 25.6 Å². The Labute approximate surface area is 111 Å². The summed E-state index contributed by atoms with van der Waals surface area (Å²) in [6.45, 7) is 1.35. The molecule has 18 heavy (non-hydrogen) atoms. The third-order valence-corrected chi connectivity index (χ3v) is 3.56. The molecular weight excluding hydrogens is 253 g/mol. The van der Waals surface area contributed by atoms with Crippen molar-refractivity contribution in [2.45, 2.75) is 31.8 Å². The van der Waals surface area contributed by atoms with Crippen molar-refractivity contribution in [3.05, 3.63) is 34.6 Å². The lowest BCUT2D eigenvalue weighted by Gasteiger charge is -2.22. The largest absolute Gasteiger partial charge is 0.388 e. The van der Waals surface area contributed by atoms with Gasteiger partial charge in [0.25, 0.3) is 0 Å². The van der Waals surface area contributed by atoms with E-state index in [1.807, 2.05) is 6.07 Å². The molecule has 0 aromatic heterocycles. The molecule has 1 aliphatic carbocycles. The first-order valence-electron chi connectivity index (χ1n) is 6.07. The zero-order chi connectivity index (χ0) is 13.1. The van der Waals surface area contributed by atoms with Crippen molar-refractivity contribution in [3.8, 4) is 0 Å². The Morgan fingerprint density at radius 2 is 2.22 bits per heavy atom. The molecule has 0 atom stereocenters. The fourth-order valence-corrected chi connectivity index (χ4v) is 2.17. The summed E-state index contributed by atoms with van der Waals surface area (Å²) >= 11 is 5.96. The van der Waals surface area contributed by atoms with Gasteiger partial charge in [-0.2, -0.15) is 0 Å². The van der Waals surface area contributed by atoms with Gasteiger partial charge in [-0.15, -0.1) is 0 Å². The van der Waals surface area contributed by atoms with Crippen molar-refractivity contribution in [1.29, 1.82) is 5.41 Å². The van der Waals surface area contributed by atoms with Gasteiger partial charge in [-0.3, -0.25) is 10.3 Å². The van der Waals surface area contributed by atoms with E-state index in [1.165, 1.54) is 6.07 Å². The fraction of sp³-hybridized carbons (Fsp3) is 0.462. The molecule has 0 aliphatic heterocycles. The van der Waals surface area contributed by atoms with E-state index >= 15 is 0 Å². The highest BCUT2D eigenvalue weighted by molar-refractivity contribution is 6.31. The molecule has 3 nitrogen and oxygen atoms in total. The normalized spacial score (nSPS) is 15.1. The van der Waals surface area contributed by atoms with Crippen molar-refractivity contribution in [2.24, 2.45) is 5.73 Å². The molecule has 3 N–H and O–H groups in total. The van der Waals surface area contributed by atoms with Crippen molar-refractivity contribution in [1.82, 2.24) is 4.90 Å². The summed E-state index contributed by atoms with van der Waals surface area (Å²) in [6, 6.07) is 5.41. The Kier molecular flexibility index (Phi) is 4.19. The van der Waals surface area contributed by atoms with E-state index in [0.29, 0.717) is 19.0 Å². The van der Waals surface area contributed by atoms with Crippen molar-refractivity contribution >= 4 is 17.4 Å². The van der Waals surface area contributed by atoms with Gasteiger partial charge in [-0.1, -0.05) is 23.7 Å². The minimum atomic E-state index is -0.378. The minimum Gasteiger partial charge on any atom is -0.388 e. The van der Waals surface area contributed by atoms with E-state index in [1.54, 1.807) is 6.07 Å². The van der Waals surface area contributed by atoms with E-state index in [0.717, 1.165) is 24.9 Å². The van der Waals surface area contributed by atoms with Crippen LogP contribution in [0.1, 0.15) is 24.8 Å². The van der Waals surface area contributed by atoms with E-state index in [9.17, 15) is 4.39 Å². The monoisotopic (exact) mass is 269 g/mol. The van der Waals surface area contributed by atoms with Crippen molar-refractivity contribution in [3.63, 3.8) is 0 Å². The molecule has 98 valence electrons. The first-order chi connectivity index (χ1) is 8.58. The van der Waals surface area contributed by atoms with Crippen LogP contribution in [0.4, 0.5) is 4.39 Å². The van der Waals surface area contributed by atoms with E-state index < -0.39 is 0 Å². The molecule has 0 amide bonds. The summed E-state index contributed by atoms with van der Waals surface area (Å²) in [6.07, 6.45) is 2.86. The third kappa shape index (κ3) is 3.43. The molecule has 0 heterocycles. The molecule has 2 rings (SSSR count). The lowest BCUT2D eigenvalue weighted by atomic mass is 10.2. The Morgan fingerprint density at radius 3 is 2.83 bits per heavy atom. The van der Waals surface area contributed by atoms with E-state index in [-0.39, 0.29) is 16.7 Å². The summed E-state index contributed by atoms with van der Waals surface area (Å²) < 4.78 is 13.4. The highest BCUT2D eigenvalue weighted by atomic mass is 35.5. The third-order valence-electron chi connectivity index (χ3n) is 3.14. The maximum atomic E-state index is 13.4. The van der Waals surface area contributed by atoms with Crippen LogP contribution >= 0.6 is 11.6 Å². The van der Waals surface area contributed by atoms with Crippen LogP contribution in [0.5, 0.6) is 0 Å². The van der Waals surface area contributed by atoms with Crippen LogP contribution in [0.2, 0.25) is 5.02 Å². The van der Waals surface area contributed by atoms with Crippen LogP contribution in [0.25, 0.3) is 0 Å². The molecule has 0 bridgehead atoms. The average molecular weight is 270 g/mol. The zero-order valence-electron chi connectivity index (χ0n) is 10.1.